The Morgan fingerprint density at radius 2 is 1.16 bits per heavy atom. The summed E-state index contributed by atoms with van der Waals surface area (Å²) in [6.07, 6.45) is 6.70. The first-order chi connectivity index (χ1) is 21.5. The molecule has 2 saturated heterocycles. The van der Waals surface area contributed by atoms with Crippen molar-refractivity contribution >= 4 is 68.3 Å². The summed E-state index contributed by atoms with van der Waals surface area (Å²) in [6, 6.07) is 0. The number of nitrogens with zero attached hydrogens (tertiary/aromatic N) is 2. The molecule has 2 heterocycles. The van der Waals surface area contributed by atoms with Crippen LogP contribution >= 0.6 is 21.0 Å². The van der Waals surface area contributed by atoms with Crippen molar-refractivity contribution < 1.29 is 38.4 Å². The molecule has 0 spiro atoms. The number of nitrogens with two attached hydrogens (primary N) is 1. The molecule has 0 radical (unpaired) electrons. The van der Waals surface area contributed by atoms with E-state index in [0.29, 0.717) is 31.8 Å². The fourth-order valence-electron chi connectivity index (χ4n) is 4.83. The number of primary amides is 1. The number of carbonyl (C=O) groups is 8. The van der Waals surface area contributed by atoms with Gasteiger partial charge in [0.25, 0.3) is 0 Å². The summed E-state index contributed by atoms with van der Waals surface area (Å²) in [4.78, 5) is 97.0. The van der Waals surface area contributed by atoms with Crippen LogP contribution in [-0.4, -0.2) is 106 Å². The third kappa shape index (κ3) is 14.7. The average Bonchev–Trinajstić information content (AvgIpc) is 3.40. The molecule has 0 bridgehead atoms. The number of imide groups is 2. The second kappa shape index (κ2) is 20.9. The van der Waals surface area contributed by atoms with Gasteiger partial charge in [0.1, 0.15) is 0 Å². The van der Waals surface area contributed by atoms with Crippen LogP contribution in [0.1, 0.15) is 83.5 Å². The molecule has 0 aromatic rings. The Hall–Kier alpha value is -3.06. The van der Waals surface area contributed by atoms with E-state index in [0.717, 1.165) is 54.7 Å². The van der Waals surface area contributed by atoms with Gasteiger partial charge in [0.05, 0.1) is 10.9 Å². The molecule has 16 heteroatoms. The van der Waals surface area contributed by atoms with Gasteiger partial charge in [-0.1, -0.05) is 19.3 Å². The van der Waals surface area contributed by atoms with Crippen molar-refractivity contribution in [2.75, 3.05) is 38.5 Å². The van der Waals surface area contributed by atoms with Gasteiger partial charge in [0.2, 0.25) is 47.3 Å². The quantitative estimate of drug-likeness (QED) is 0.0654. The van der Waals surface area contributed by atoms with Crippen LogP contribution in [0.25, 0.3) is 0 Å². The zero-order chi connectivity index (χ0) is 33.2. The highest BCUT2D eigenvalue weighted by atomic mass is 32.2. The van der Waals surface area contributed by atoms with Crippen molar-refractivity contribution in [2.24, 2.45) is 5.73 Å². The number of hydrogen-bond donors (Lipinski definition) is 4. The molecule has 252 valence electrons. The van der Waals surface area contributed by atoms with Crippen molar-refractivity contribution in [3.8, 4) is 0 Å². The number of nitrogens with one attached hydrogen (secondary N) is 3. The van der Waals surface area contributed by atoms with Crippen molar-refractivity contribution in [3.63, 3.8) is 0 Å². The van der Waals surface area contributed by atoms with E-state index < -0.39 is 16.8 Å². The molecular formula is C29H47N6O8PS. The predicted molar refractivity (Wildman–Crippen MR) is 171 cm³/mol. The van der Waals surface area contributed by atoms with Gasteiger partial charge in [0.15, 0.2) is 0 Å². The largest absolute Gasteiger partial charge is 0.370 e. The van der Waals surface area contributed by atoms with Gasteiger partial charge in [-0.15, -0.1) is 21.0 Å². The zero-order valence-electron chi connectivity index (χ0n) is 25.8. The Balaban J connectivity index is 1.36. The number of carbonyl (C=O) groups excluding carboxylic acids is 8. The first-order valence-electron chi connectivity index (χ1n) is 15.6. The van der Waals surface area contributed by atoms with E-state index in [4.69, 9.17) is 5.73 Å². The Kier molecular flexibility index (Phi) is 17.7. The Morgan fingerprint density at radius 1 is 0.667 bits per heavy atom. The molecule has 3 unspecified atom stereocenters. The fourth-order valence-corrected chi connectivity index (χ4v) is 6.33. The van der Waals surface area contributed by atoms with Crippen LogP contribution in [0.3, 0.4) is 0 Å². The molecule has 2 aliphatic heterocycles. The summed E-state index contributed by atoms with van der Waals surface area (Å²) < 4.78 is 0. The highest BCUT2D eigenvalue weighted by Gasteiger charge is 2.38. The maximum atomic E-state index is 12.3. The van der Waals surface area contributed by atoms with Gasteiger partial charge in [-0.05, 0) is 25.7 Å². The standard InChI is InChI=1S/C29H47N6O8PS/c30-22(36)9-15-35-27(41)19-21(29(35)43)45-17-11-25(39)33-13-6-2-1-5-12-31-23(37)8-4-3-7-14-32-24(38)10-16-34-26(40)18-20(44)28(34)42/h20-21H,1-19,44H2,(H2,30,36)(H,31,37)(H,32,38)(H,33,39). The number of amides is 8. The summed E-state index contributed by atoms with van der Waals surface area (Å²) in [7, 11) is 2.35. The van der Waals surface area contributed by atoms with E-state index in [1.807, 2.05) is 0 Å². The van der Waals surface area contributed by atoms with Gasteiger partial charge in [-0.25, -0.2) is 0 Å². The van der Waals surface area contributed by atoms with E-state index in [1.54, 1.807) is 0 Å². The lowest BCUT2D eigenvalue weighted by atomic mass is 10.1. The SMILES string of the molecule is NC(=O)CCN1C(=O)CC(SCCC(=O)NCCCCCCNC(=O)CCCCCNC(=O)CCN2C(=O)CC(P)C2=O)C1=O. The molecule has 0 aromatic heterocycles. The van der Waals surface area contributed by atoms with Gasteiger partial charge < -0.3 is 21.7 Å². The summed E-state index contributed by atoms with van der Waals surface area (Å²) in [5.74, 6) is -1.62. The van der Waals surface area contributed by atoms with Crippen molar-refractivity contribution in [2.45, 2.75) is 94.4 Å². The summed E-state index contributed by atoms with van der Waals surface area (Å²) in [5.41, 5.74) is 4.69. The van der Waals surface area contributed by atoms with Crippen LogP contribution in [0.5, 0.6) is 0 Å². The fraction of sp³-hybridized carbons (Fsp3) is 0.724. The van der Waals surface area contributed by atoms with E-state index in [2.05, 4.69) is 25.2 Å². The minimum Gasteiger partial charge on any atom is -0.370 e. The summed E-state index contributed by atoms with van der Waals surface area (Å²) in [5, 5.41) is 8.03. The average molecular weight is 671 g/mol. The number of rotatable bonds is 23. The molecule has 5 N–H and O–H groups in total. The lowest BCUT2D eigenvalue weighted by Crippen LogP contribution is -2.35. The molecular weight excluding hydrogens is 623 g/mol. The van der Waals surface area contributed by atoms with Gasteiger partial charge in [-0.2, -0.15) is 0 Å². The van der Waals surface area contributed by atoms with Crippen LogP contribution in [0, 0.1) is 0 Å². The van der Waals surface area contributed by atoms with Crippen molar-refractivity contribution in [3.05, 3.63) is 0 Å². The van der Waals surface area contributed by atoms with Crippen LogP contribution in [0.15, 0.2) is 0 Å². The first kappa shape index (κ1) is 38.1. The number of hydrogen-bond acceptors (Lipinski definition) is 9. The van der Waals surface area contributed by atoms with Crippen LogP contribution in [0.4, 0.5) is 0 Å². The minimum absolute atomic E-state index is 0.00118. The molecule has 2 rings (SSSR count). The molecule has 0 aliphatic carbocycles. The highest BCUT2D eigenvalue weighted by molar-refractivity contribution is 8.00. The van der Waals surface area contributed by atoms with Crippen LogP contribution in [-0.2, 0) is 38.4 Å². The third-order valence-corrected chi connectivity index (χ3v) is 9.16. The highest BCUT2D eigenvalue weighted by Crippen LogP contribution is 2.26. The van der Waals surface area contributed by atoms with Crippen LogP contribution < -0.4 is 21.7 Å². The Bertz CT molecular complexity index is 1090. The normalized spacial score (nSPS) is 18.1. The Morgan fingerprint density at radius 3 is 1.71 bits per heavy atom. The molecule has 2 aliphatic rings. The first-order valence-corrected chi connectivity index (χ1v) is 17.3. The molecule has 14 nitrogen and oxygen atoms in total. The zero-order valence-corrected chi connectivity index (χ0v) is 27.8. The maximum Gasteiger partial charge on any atom is 0.242 e. The predicted octanol–water partition coefficient (Wildman–Crippen LogP) is -0.0253. The minimum atomic E-state index is -0.572. The van der Waals surface area contributed by atoms with Crippen molar-refractivity contribution in [1.82, 2.24) is 25.8 Å². The second-order valence-corrected chi connectivity index (χ2v) is 13.2. The summed E-state index contributed by atoms with van der Waals surface area (Å²) in [6.45, 7) is 1.73. The molecule has 45 heavy (non-hydrogen) atoms. The van der Waals surface area contributed by atoms with E-state index in [-0.39, 0.29) is 86.5 Å². The topological polar surface area (TPSA) is 205 Å². The van der Waals surface area contributed by atoms with E-state index >= 15 is 0 Å². The van der Waals surface area contributed by atoms with E-state index in [1.165, 1.54) is 11.8 Å². The second-order valence-electron chi connectivity index (χ2n) is 11.1. The smallest absolute Gasteiger partial charge is 0.242 e. The maximum absolute atomic E-state index is 12.3. The van der Waals surface area contributed by atoms with Crippen LogP contribution in [0.2, 0.25) is 0 Å². The van der Waals surface area contributed by atoms with Gasteiger partial charge in [0, 0.05) is 77.0 Å². The molecule has 3 atom stereocenters. The monoisotopic (exact) mass is 670 g/mol. The van der Waals surface area contributed by atoms with Crippen molar-refractivity contribution in [1.29, 1.82) is 0 Å². The molecule has 0 saturated carbocycles. The third-order valence-electron chi connectivity index (χ3n) is 7.42. The van der Waals surface area contributed by atoms with Gasteiger partial charge >= 0.3 is 0 Å². The lowest BCUT2D eigenvalue weighted by molar-refractivity contribution is -0.140. The molecule has 0 aromatic carbocycles. The Labute approximate surface area is 270 Å². The van der Waals surface area contributed by atoms with Gasteiger partial charge in [-0.3, -0.25) is 48.2 Å². The van der Waals surface area contributed by atoms with E-state index in [9.17, 15) is 38.4 Å². The lowest BCUT2D eigenvalue weighted by Gasteiger charge is -2.13. The number of likely N-dealkylation sites (tertiary alicyclic amines) is 2. The molecule has 8 amide bonds. The number of thioether (sulfide) groups is 1. The number of unbranched alkanes of at least 4 members (excludes halogenated alkanes) is 5. The molecule has 2 fully saturated rings. The summed E-state index contributed by atoms with van der Waals surface area (Å²) >= 11 is 1.27.